The van der Waals surface area contributed by atoms with E-state index in [0.29, 0.717) is 0 Å². The molecular formula is C9H18S3. The molecule has 0 aliphatic carbocycles. The van der Waals surface area contributed by atoms with Crippen LogP contribution in [-0.4, -0.2) is 14.0 Å². The normalized spacial score (nSPS) is 11.7. The Morgan fingerprint density at radius 1 is 1.33 bits per heavy atom. The van der Waals surface area contributed by atoms with E-state index in [2.05, 4.69) is 27.7 Å². The lowest BCUT2D eigenvalue weighted by Gasteiger charge is -2.17. The lowest BCUT2D eigenvalue weighted by Crippen LogP contribution is -2.09. The van der Waals surface area contributed by atoms with Crippen molar-refractivity contribution in [1.29, 1.82) is 0 Å². The second kappa shape index (κ2) is 6.28. The third-order valence-electron chi connectivity index (χ3n) is 1.11. The van der Waals surface area contributed by atoms with Gasteiger partial charge < -0.3 is 0 Å². The Kier molecular flexibility index (Phi) is 6.69. The number of rotatable bonds is 3. The highest BCUT2D eigenvalue weighted by Gasteiger charge is 2.13. The Hall–Kier alpha value is 0.790. The fourth-order valence-corrected chi connectivity index (χ4v) is 3.91. The molecule has 0 spiro atoms. The summed E-state index contributed by atoms with van der Waals surface area (Å²) < 4.78 is 1.37. The summed E-state index contributed by atoms with van der Waals surface area (Å²) in [7, 11) is 0. The van der Waals surface area contributed by atoms with Gasteiger partial charge in [-0.05, 0) is 12.2 Å². The largest absolute Gasteiger partial charge is 0.108 e. The quantitative estimate of drug-likeness (QED) is 0.515. The monoisotopic (exact) mass is 222 g/mol. The van der Waals surface area contributed by atoms with Gasteiger partial charge in [0, 0.05) is 4.75 Å². The van der Waals surface area contributed by atoms with Gasteiger partial charge in [-0.2, -0.15) is 0 Å². The molecule has 0 aromatic rings. The summed E-state index contributed by atoms with van der Waals surface area (Å²) in [5, 5.41) is 0. The number of thioether (sulfide) groups is 2. The Morgan fingerprint density at radius 2 is 1.92 bits per heavy atom. The van der Waals surface area contributed by atoms with Gasteiger partial charge >= 0.3 is 0 Å². The maximum atomic E-state index is 5.24. The Bertz CT molecular complexity index is 135. The second-order valence-electron chi connectivity index (χ2n) is 3.67. The van der Waals surface area contributed by atoms with Crippen LogP contribution in [0.4, 0.5) is 0 Å². The smallest absolute Gasteiger partial charge is 0.104 e. The highest BCUT2D eigenvalue weighted by atomic mass is 32.2. The van der Waals surface area contributed by atoms with Gasteiger partial charge in [0.2, 0.25) is 0 Å². The molecule has 0 amide bonds. The molecule has 0 radical (unpaired) electrons. The van der Waals surface area contributed by atoms with Crippen LogP contribution in [0.5, 0.6) is 0 Å². The molecule has 0 saturated heterocycles. The molecule has 0 saturated carbocycles. The Morgan fingerprint density at radius 3 is 2.33 bits per heavy atom. The minimum absolute atomic E-state index is 0.274. The molecule has 3 heteroatoms. The maximum absolute atomic E-state index is 5.24. The molecule has 72 valence electrons. The number of unbranched alkanes of at least 4 members (excludes halogenated alkanes) is 1. The SMILES string of the molecule is CCCCSC(=S)SC(C)(C)C. The lowest BCUT2D eigenvalue weighted by atomic mass is 10.3. The zero-order chi connectivity index (χ0) is 9.61. The lowest BCUT2D eigenvalue weighted by molar-refractivity contribution is 0.809. The first-order valence-electron chi connectivity index (χ1n) is 4.31. The zero-order valence-electron chi connectivity index (χ0n) is 8.35. The van der Waals surface area contributed by atoms with E-state index < -0.39 is 0 Å². The van der Waals surface area contributed by atoms with E-state index in [9.17, 15) is 0 Å². The maximum Gasteiger partial charge on any atom is 0.104 e. The topological polar surface area (TPSA) is 0 Å². The zero-order valence-corrected chi connectivity index (χ0v) is 10.8. The van der Waals surface area contributed by atoms with Crippen LogP contribution in [0.25, 0.3) is 0 Å². The van der Waals surface area contributed by atoms with Gasteiger partial charge in [0.15, 0.2) is 0 Å². The molecule has 0 fully saturated rings. The molecule has 0 nitrogen and oxygen atoms in total. The summed E-state index contributed by atoms with van der Waals surface area (Å²) in [4.78, 5) is 0. The minimum atomic E-state index is 0.274. The summed E-state index contributed by atoms with van der Waals surface area (Å²) in [5.41, 5.74) is 0. The molecule has 0 atom stereocenters. The highest BCUT2D eigenvalue weighted by Crippen LogP contribution is 2.30. The van der Waals surface area contributed by atoms with Gasteiger partial charge in [-0.3, -0.25) is 0 Å². The van der Waals surface area contributed by atoms with Crippen LogP contribution < -0.4 is 0 Å². The molecule has 0 heterocycles. The predicted molar refractivity (Wildman–Crippen MR) is 67.3 cm³/mol. The molecule has 12 heavy (non-hydrogen) atoms. The van der Waals surface area contributed by atoms with Crippen molar-refractivity contribution in [1.82, 2.24) is 0 Å². The van der Waals surface area contributed by atoms with Gasteiger partial charge in [-0.25, -0.2) is 0 Å². The van der Waals surface area contributed by atoms with E-state index in [1.54, 1.807) is 11.8 Å². The van der Waals surface area contributed by atoms with E-state index in [4.69, 9.17) is 12.2 Å². The van der Waals surface area contributed by atoms with Crippen molar-refractivity contribution in [2.75, 3.05) is 5.75 Å². The fraction of sp³-hybridized carbons (Fsp3) is 0.889. The van der Waals surface area contributed by atoms with Crippen molar-refractivity contribution in [3.8, 4) is 0 Å². The molecule has 0 bridgehead atoms. The molecule has 0 N–H and O–H groups in total. The molecule has 0 aliphatic heterocycles. The number of hydrogen-bond donors (Lipinski definition) is 0. The van der Waals surface area contributed by atoms with Crippen LogP contribution in [0.1, 0.15) is 40.5 Å². The van der Waals surface area contributed by atoms with Crippen LogP contribution in [-0.2, 0) is 0 Å². The standard InChI is InChI=1S/C9H18S3/c1-5-6-7-11-8(10)12-9(2,3)4/h5-7H2,1-4H3. The molecule has 0 aliphatic rings. The van der Waals surface area contributed by atoms with Crippen molar-refractivity contribution < 1.29 is 0 Å². The van der Waals surface area contributed by atoms with E-state index in [1.165, 1.54) is 18.6 Å². The summed E-state index contributed by atoms with van der Waals surface area (Å²) in [5.74, 6) is 1.18. The van der Waals surface area contributed by atoms with Crippen molar-refractivity contribution in [3.63, 3.8) is 0 Å². The van der Waals surface area contributed by atoms with Gasteiger partial charge in [0.1, 0.15) is 3.53 Å². The van der Waals surface area contributed by atoms with Gasteiger partial charge in [0.05, 0.1) is 0 Å². The average Bonchev–Trinajstić information content (AvgIpc) is 1.84. The summed E-state index contributed by atoms with van der Waals surface area (Å²) in [6.45, 7) is 8.81. The van der Waals surface area contributed by atoms with E-state index in [-0.39, 0.29) is 4.75 Å². The first-order chi connectivity index (χ1) is 5.45. The fourth-order valence-electron chi connectivity index (χ4n) is 0.579. The minimum Gasteiger partial charge on any atom is -0.108 e. The van der Waals surface area contributed by atoms with Gasteiger partial charge in [-0.1, -0.05) is 46.3 Å². The van der Waals surface area contributed by atoms with Gasteiger partial charge in [-0.15, -0.1) is 23.5 Å². The van der Waals surface area contributed by atoms with Crippen LogP contribution in [0, 0.1) is 0 Å². The van der Waals surface area contributed by atoms with Crippen LogP contribution in [0.2, 0.25) is 0 Å². The van der Waals surface area contributed by atoms with Crippen LogP contribution in [0.3, 0.4) is 0 Å². The van der Waals surface area contributed by atoms with Crippen molar-refractivity contribution in [2.24, 2.45) is 0 Å². The highest BCUT2D eigenvalue weighted by molar-refractivity contribution is 8.47. The average molecular weight is 222 g/mol. The Labute approximate surface area is 90.3 Å². The van der Waals surface area contributed by atoms with Crippen LogP contribution in [0.15, 0.2) is 0 Å². The third kappa shape index (κ3) is 8.88. The first-order valence-corrected chi connectivity index (χ1v) is 6.52. The molecule has 0 unspecified atom stereocenters. The summed E-state index contributed by atoms with van der Waals surface area (Å²) in [6.07, 6.45) is 2.53. The summed E-state index contributed by atoms with van der Waals surface area (Å²) >= 11 is 8.87. The van der Waals surface area contributed by atoms with E-state index in [1.807, 2.05) is 11.8 Å². The third-order valence-corrected chi connectivity index (χ3v) is 3.82. The van der Waals surface area contributed by atoms with Crippen molar-refractivity contribution >= 4 is 39.3 Å². The van der Waals surface area contributed by atoms with E-state index in [0.717, 1.165) is 3.53 Å². The molecular weight excluding hydrogens is 204 g/mol. The van der Waals surface area contributed by atoms with Crippen LogP contribution >= 0.6 is 35.7 Å². The number of thiocarbonyl (C=S) groups is 1. The Balaban J connectivity index is 3.47. The molecule has 0 aromatic heterocycles. The van der Waals surface area contributed by atoms with Crippen molar-refractivity contribution in [2.45, 2.75) is 45.3 Å². The van der Waals surface area contributed by atoms with Gasteiger partial charge in [0.25, 0.3) is 0 Å². The molecule has 0 rings (SSSR count). The second-order valence-corrected chi connectivity index (χ2v) is 7.79. The van der Waals surface area contributed by atoms with Crippen molar-refractivity contribution in [3.05, 3.63) is 0 Å². The van der Waals surface area contributed by atoms with E-state index >= 15 is 0 Å². The molecule has 0 aromatic carbocycles. The predicted octanol–water partition coefficient (Wildman–Crippen LogP) is 4.34. The summed E-state index contributed by atoms with van der Waals surface area (Å²) in [6, 6.07) is 0. The first kappa shape index (κ1) is 12.8. The number of hydrogen-bond acceptors (Lipinski definition) is 3.